The average molecular weight is 251 g/mol. The highest BCUT2D eigenvalue weighted by Crippen LogP contribution is 2.26. The predicted molar refractivity (Wildman–Crippen MR) is 59.7 cm³/mol. The molecule has 3 aromatic rings. The van der Waals surface area contributed by atoms with Crippen molar-refractivity contribution in [3.05, 3.63) is 29.8 Å². The van der Waals surface area contributed by atoms with Gasteiger partial charge in [0.15, 0.2) is 0 Å². The molecule has 17 heavy (non-hydrogen) atoms. The first-order chi connectivity index (χ1) is 8.15. The van der Waals surface area contributed by atoms with Crippen LogP contribution in [-0.2, 0) is 11.2 Å². The molecule has 0 radical (unpaired) electrons. The fourth-order valence-electron chi connectivity index (χ4n) is 1.71. The van der Waals surface area contributed by atoms with Crippen LogP contribution in [0.25, 0.3) is 15.2 Å². The fourth-order valence-corrected chi connectivity index (χ4v) is 2.72. The van der Waals surface area contributed by atoms with Crippen LogP contribution in [0.1, 0.15) is 5.82 Å². The van der Waals surface area contributed by atoms with E-state index in [0.29, 0.717) is 10.8 Å². The van der Waals surface area contributed by atoms with E-state index in [0.717, 1.165) is 10.2 Å². The minimum absolute atomic E-state index is 0.204. The Morgan fingerprint density at radius 1 is 1.47 bits per heavy atom. The summed E-state index contributed by atoms with van der Waals surface area (Å²) in [4.78, 5) is 11.3. The molecule has 86 valence electrons. The molecule has 0 aliphatic carbocycles. The molecule has 0 saturated carbocycles. The van der Waals surface area contributed by atoms with Gasteiger partial charge in [0.05, 0.1) is 10.2 Å². The molecule has 7 heteroatoms. The van der Waals surface area contributed by atoms with Gasteiger partial charge in [-0.05, 0) is 18.2 Å². The molecule has 1 N–H and O–H groups in total. The molecular formula is C10H6FN3O2S. The van der Waals surface area contributed by atoms with Crippen LogP contribution in [0.3, 0.4) is 0 Å². The van der Waals surface area contributed by atoms with E-state index in [-0.39, 0.29) is 12.2 Å². The van der Waals surface area contributed by atoms with E-state index in [2.05, 4.69) is 10.2 Å². The normalized spacial score (nSPS) is 11.4. The Balaban J connectivity index is 2.32. The summed E-state index contributed by atoms with van der Waals surface area (Å²) in [6.45, 7) is 0. The Morgan fingerprint density at radius 2 is 2.29 bits per heavy atom. The molecule has 5 nitrogen and oxygen atoms in total. The van der Waals surface area contributed by atoms with E-state index in [1.807, 2.05) is 0 Å². The lowest BCUT2D eigenvalue weighted by molar-refractivity contribution is -0.136. The zero-order chi connectivity index (χ0) is 12.0. The van der Waals surface area contributed by atoms with E-state index in [9.17, 15) is 9.18 Å². The monoisotopic (exact) mass is 251 g/mol. The lowest BCUT2D eigenvalue weighted by Crippen LogP contribution is -2.04. The number of hydrogen-bond donors (Lipinski definition) is 1. The second-order valence-electron chi connectivity index (χ2n) is 3.52. The number of nitrogens with zero attached hydrogens (tertiary/aromatic N) is 3. The molecule has 2 aromatic heterocycles. The van der Waals surface area contributed by atoms with Crippen molar-refractivity contribution < 1.29 is 14.3 Å². The third-order valence-electron chi connectivity index (χ3n) is 2.37. The minimum atomic E-state index is -0.972. The first kappa shape index (κ1) is 10.2. The Bertz CT molecular complexity index is 734. The van der Waals surface area contributed by atoms with Crippen molar-refractivity contribution in [2.75, 3.05) is 0 Å². The predicted octanol–water partition coefficient (Wildman–Crippen LogP) is 1.71. The summed E-state index contributed by atoms with van der Waals surface area (Å²) in [5, 5.41) is 16.5. The van der Waals surface area contributed by atoms with Crippen molar-refractivity contribution in [2.24, 2.45) is 0 Å². The Kier molecular flexibility index (Phi) is 2.08. The first-order valence-corrected chi connectivity index (χ1v) is 5.60. The summed E-state index contributed by atoms with van der Waals surface area (Å²) in [7, 11) is 0. The van der Waals surface area contributed by atoms with Gasteiger partial charge in [0, 0.05) is 0 Å². The van der Waals surface area contributed by atoms with Crippen molar-refractivity contribution in [2.45, 2.75) is 6.42 Å². The lowest BCUT2D eigenvalue weighted by atomic mass is 10.3. The number of thiazole rings is 1. The van der Waals surface area contributed by atoms with Crippen LogP contribution in [0.2, 0.25) is 0 Å². The van der Waals surface area contributed by atoms with Gasteiger partial charge in [-0.15, -0.1) is 10.2 Å². The number of carboxylic acid groups (broad SMARTS) is 1. The van der Waals surface area contributed by atoms with Crippen molar-refractivity contribution in [3.8, 4) is 0 Å². The van der Waals surface area contributed by atoms with Crippen molar-refractivity contribution in [3.63, 3.8) is 0 Å². The maximum absolute atomic E-state index is 13.0. The van der Waals surface area contributed by atoms with Gasteiger partial charge in [-0.25, -0.2) is 4.39 Å². The number of carbonyl (C=O) groups is 1. The summed E-state index contributed by atoms with van der Waals surface area (Å²) in [6, 6.07) is 4.33. The second kappa shape index (κ2) is 3.49. The van der Waals surface area contributed by atoms with Crippen LogP contribution in [0.5, 0.6) is 0 Å². The molecule has 0 aliphatic rings. The van der Waals surface area contributed by atoms with Gasteiger partial charge < -0.3 is 5.11 Å². The zero-order valence-electron chi connectivity index (χ0n) is 8.42. The minimum Gasteiger partial charge on any atom is -0.481 e. The second-order valence-corrected chi connectivity index (χ2v) is 4.53. The molecule has 2 heterocycles. The molecule has 0 amide bonds. The fraction of sp³-hybridized carbons (Fsp3) is 0.100. The van der Waals surface area contributed by atoms with E-state index < -0.39 is 5.97 Å². The Labute approximate surface area is 98.1 Å². The number of fused-ring (bicyclic) bond motifs is 3. The SMILES string of the molecule is O=C(O)Cc1nnc2sc3cc(F)ccc3n12. The standard InChI is InChI=1S/C10H6FN3O2S/c11-5-1-2-6-7(3-5)17-10-13-12-8(14(6)10)4-9(15)16/h1-3H,4H2,(H,15,16). The molecule has 3 rings (SSSR count). The highest BCUT2D eigenvalue weighted by molar-refractivity contribution is 7.23. The summed E-state index contributed by atoms with van der Waals surface area (Å²) >= 11 is 1.28. The third-order valence-corrected chi connectivity index (χ3v) is 3.37. The van der Waals surface area contributed by atoms with Gasteiger partial charge in [-0.2, -0.15) is 0 Å². The molecule has 0 saturated heterocycles. The highest BCUT2D eigenvalue weighted by Gasteiger charge is 2.14. The average Bonchev–Trinajstić information content (AvgIpc) is 2.77. The van der Waals surface area contributed by atoms with Crippen LogP contribution in [0.15, 0.2) is 18.2 Å². The van der Waals surface area contributed by atoms with E-state index in [1.165, 1.54) is 23.5 Å². The van der Waals surface area contributed by atoms with Gasteiger partial charge in [-0.1, -0.05) is 11.3 Å². The number of aliphatic carboxylic acids is 1. The van der Waals surface area contributed by atoms with Crippen LogP contribution in [0, 0.1) is 5.82 Å². The Morgan fingerprint density at radius 3 is 3.06 bits per heavy atom. The van der Waals surface area contributed by atoms with E-state index in [1.54, 1.807) is 10.5 Å². The number of benzene rings is 1. The maximum atomic E-state index is 13.0. The maximum Gasteiger partial charge on any atom is 0.311 e. The largest absolute Gasteiger partial charge is 0.481 e. The lowest BCUT2D eigenvalue weighted by Gasteiger charge is -1.95. The molecule has 0 bridgehead atoms. The van der Waals surface area contributed by atoms with E-state index >= 15 is 0 Å². The van der Waals surface area contributed by atoms with Gasteiger partial charge in [-0.3, -0.25) is 9.20 Å². The Hall–Kier alpha value is -2.02. The summed E-state index contributed by atoms with van der Waals surface area (Å²) in [5.41, 5.74) is 0.729. The van der Waals surface area contributed by atoms with Crippen LogP contribution < -0.4 is 0 Å². The van der Waals surface area contributed by atoms with E-state index in [4.69, 9.17) is 5.11 Å². The number of rotatable bonds is 2. The number of halogens is 1. The number of hydrogen-bond acceptors (Lipinski definition) is 4. The quantitative estimate of drug-likeness (QED) is 0.752. The van der Waals surface area contributed by atoms with Crippen LogP contribution in [0.4, 0.5) is 4.39 Å². The first-order valence-electron chi connectivity index (χ1n) is 4.79. The number of aromatic nitrogens is 3. The van der Waals surface area contributed by atoms with Gasteiger partial charge in [0.2, 0.25) is 4.96 Å². The smallest absolute Gasteiger partial charge is 0.311 e. The van der Waals surface area contributed by atoms with Crippen LogP contribution in [-0.4, -0.2) is 25.7 Å². The molecule has 0 fully saturated rings. The topological polar surface area (TPSA) is 67.5 Å². The zero-order valence-corrected chi connectivity index (χ0v) is 9.24. The summed E-state index contributed by atoms with van der Waals surface area (Å²) in [6.07, 6.45) is -0.204. The molecule has 0 spiro atoms. The molecule has 0 aliphatic heterocycles. The van der Waals surface area contributed by atoms with Crippen LogP contribution >= 0.6 is 11.3 Å². The molecule has 1 aromatic carbocycles. The van der Waals surface area contributed by atoms with Gasteiger partial charge in [0.25, 0.3) is 0 Å². The van der Waals surface area contributed by atoms with Crippen molar-refractivity contribution in [1.29, 1.82) is 0 Å². The number of carboxylic acids is 1. The summed E-state index contributed by atoms with van der Waals surface area (Å²) < 4.78 is 15.4. The highest BCUT2D eigenvalue weighted by atomic mass is 32.1. The van der Waals surface area contributed by atoms with Crippen molar-refractivity contribution in [1.82, 2.24) is 14.6 Å². The molecule has 0 unspecified atom stereocenters. The summed E-state index contributed by atoms with van der Waals surface area (Å²) in [5.74, 6) is -0.944. The third kappa shape index (κ3) is 1.55. The van der Waals surface area contributed by atoms with Gasteiger partial charge >= 0.3 is 5.97 Å². The molecular weight excluding hydrogens is 245 g/mol. The van der Waals surface area contributed by atoms with Gasteiger partial charge in [0.1, 0.15) is 18.1 Å². The molecule has 0 atom stereocenters. The van der Waals surface area contributed by atoms with Crippen molar-refractivity contribution >= 4 is 32.5 Å².